The number of amides is 1. The third-order valence-corrected chi connectivity index (χ3v) is 11.8. The van der Waals surface area contributed by atoms with E-state index in [0.29, 0.717) is 5.92 Å². The van der Waals surface area contributed by atoms with E-state index < -0.39 is 7.14 Å². The number of ether oxygens (including phenoxy) is 1. The average Bonchev–Trinajstić information content (AvgIpc) is 3.61. The molecule has 0 radical (unpaired) electrons. The molecule has 2 aliphatic rings. The minimum atomic E-state index is -2.45. The van der Waals surface area contributed by atoms with Crippen molar-refractivity contribution >= 4 is 41.4 Å². The molecule has 1 amide bonds. The highest BCUT2D eigenvalue weighted by molar-refractivity contribution is 7.72. The lowest BCUT2D eigenvalue weighted by Crippen LogP contribution is -2.38. The van der Waals surface area contributed by atoms with Gasteiger partial charge in [0.15, 0.2) is 5.82 Å². The lowest BCUT2D eigenvalue weighted by Gasteiger charge is -2.28. The third kappa shape index (κ3) is 6.10. The first kappa shape index (κ1) is 26.0. The third-order valence-electron chi connectivity index (χ3n) is 7.23. The van der Waals surface area contributed by atoms with Crippen LogP contribution in [0, 0.1) is 6.92 Å². The monoisotopic (exact) mass is 541 g/mol. The van der Waals surface area contributed by atoms with Crippen LogP contribution in [0.2, 0.25) is 0 Å². The van der Waals surface area contributed by atoms with Crippen LogP contribution in [0.25, 0.3) is 10.4 Å². The molecule has 2 fully saturated rings. The highest BCUT2D eigenvalue weighted by Gasteiger charge is 2.33. The number of aromatic amines is 1. The summed E-state index contributed by atoms with van der Waals surface area (Å²) in [6.07, 6.45) is 8.88. The molecule has 2 aromatic heterocycles. The molecule has 10 heteroatoms. The van der Waals surface area contributed by atoms with Gasteiger partial charge in [-0.25, -0.2) is 9.78 Å². The van der Waals surface area contributed by atoms with Crippen molar-refractivity contribution in [1.29, 1.82) is 0 Å². The summed E-state index contributed by atoms with van der Waals surface area (Å²) < 4.78 is 19.2. The van der Waals surface area contributed by atoms with Gasteiger partial charge in [0.05, 0.1) is 16.0 Å². The fourth-order valence-corrected chi connectivity index (χ4v) is 9.76. The maximum absolute atomic E-state index is 14.0. The highest BCUT2D eigenvalue weighted by atomic mass is 32.1. The van der Waals surface area contributed by atoms with Gasteiger partial charge in [0, 0.05) is 58.8 Å². The maximum atomic E-state index is 14.0. The molecule has 0 atom stereocenters. The van der Waals surface area contributed by atoms with Gasteiger partial charge in [-0.3, -0.25) is 5.10 Å². The molecule has 3 aromatic rings. The number of anilines is 2. The maximum Gasteiger partial charge on any atom is 0.407 e. The van der Waals surface area contributed by atoms with Gasteiger partial charge in [-0.1, -0.05) is 6.07 Å². The molecule has 1 aliphatic heterocycles. The zero-order valence-electron chi connectivity index (χ0n) is 21.8. The number of alkyl carbamates (subject to hydrolysis) is 1. The van der Waals surface area contributed by atoms with E-state index in [9.17, 15) is 9.36 Å². The lowest BCUT2D eigenvalue weighted by molar-refractivity contribution is 0.109. The number of aryl methyl sites for hydroxylation is 1. The zero-order valence-corrected chi connectivity index (χ0v) is 23.5. The van der Waals surface area contributed by atoms with E-state index in [-0.39, 0.29) is 18.2 Å². The van der Waals surface area contributed by atoms with E-state index in [2.05, 4.69) is 33.0 Å². The Morgan fingerprint density at radius 3 is 2.59 bits per heavy atom. The number of aromatic nitrogens is 3. The Kier molecular flexibility index (Phi) is 7.72. The number of carbonyl (C=O) groups excluding carboxylic acids is 1. The van der Waals surface area contributed by atoms with Crippen molar-refractivity contribution in [1.82, 2.24) is 20.5 Å². The second kappa shape index (κ2) is 11.0. The number of benzene rings is 1. The van der Waals surface area contributed by atoms with Crippen LogP contribution in [0.15, 0.2) is 30.5 Å². The predicted molar refractivity (Wildman–Crippen MR) is 150 cm³/mol. The van der Waals surface area contributed by atoms with E-state index in [1.807, 2.05) is 39.1 Å². The molecule has 1 saturated carbocycles. The summed E-state index contributed by atoms with van der Waals surface area (Å²) in [7, 11) is -2.45. The summed E-state index contributed by atoms with van der Waals surface area (Å²) in [6.45, 7) is 5.68. The Morgan fingerprint density at radius 2 is 1.92 bits per heavy atom. The number of rotatable bonds is 7. The first-order valence-corrected chi connectivity index (χ1v) is 16.1. The number of hydrogen-bond acceptors (Lipinski definition) is 7. The molecule has 198 valence electrons. The van der Waals surface area contributed by atoms with Crippen LogP contribution in [0.3, 0.4) is 0 Å². The SMILES string of the molecule is Cc1cc(Nc2ccc(-c3cnc(C4CCC(NC(=O)OC(C)C)CC4)s3)c(P3(=O)CCCC3)c2)n[nH]1. The Morgan fingerprint density at radius 1 is 1.16 bits per heavy atom. The fraction of sp³-hybridized carbons (Fsp3) is 0.519. The largest absolute Gasteiger partial charge is 0.447 e. The Balaban J connectivity index is 1.33. The zero-order chi connectivity index (χ0) is 26.0. The number of carbonyl (C=O) groups is 1. The van der Waals surface area contributed by atoms with Crippen LogP contribution in [-0.4, -0.2) is 45.7 Å². The minimum absolute atomic E-state index is 0.116. The van der Waals surface area contributed by atoms with Crippen LogP contribution in [0.5, 0.6) is 0 Å². The molecule has 1 saturated heterocycles. The number of H-pyrrole nitrogens is 1. The smallest absolute Gasteiger partial charge is 0.407 e. The molecule has 1 aromatic carbocycles. The van der Waals surface area contributed by atoms with E-state index >= 15 is 0 Å². The first-order valence-electron chi connectivity index (χ1n) is 13.2. The Labute approximate surface area is 222 Å². The Bertz CT molecular complexity index is 1280. The van der Waals surface area contributed by atoms with Crippen molar-refractivity contribution in [3.8, 4) is 10.4 Å². The van der Waals surface area contributed by atoms with Crippen LogP contribution in [0.4, 0.5) is 16.3 Å². The standard InChI is InChI=1S/C27H36N5O3PS/c1-17(2)35-27(33)30-20-8-6-19(7-9-20)26-28-16-24(37-26)22-11-10-21(29-25-14-18(3)31-32-25)15-23(22)36(34)12-4-5-13-36/h10-11,14-17,19-20H,4-9,12-13H2,1-3H3,(H,30,33)(H2,29,31,32). The van der Waals surface area contributed by atoms with Crippen molar-refractivity contribution in [2.45, 2.75) is 77.4 Å². The van der Waals surface area contributed by atoms with E-state index in [1.54, 1.807) is 11.3 Å². The minimum Gasteiger partial charge on any atom is -0.447 e. The summed E-state index contributed by atoms with van der Waals surface area (Å²) in [5, 5.41) is 15.7. The average molecular weight is 542 g/mol. The molecule has 3 N–H and O–H groups in total. The molecule has 0 spiro atoms. The van der Waals surface area contributed by atoms with E-state index in [4.69, 9.17) is 9.72 Å². The molecule has 8 nitrogen and oxygen atoms in total. The number of nitrogens with one attached hydrogen (secondary N) is 3. The second-order valence-electron chi connectivity index (χ2n) is 10.5. The van der Waals surface area contributed by atoms with Crippen LogP contribution >= 0.6 is 18.5 Å². The van der Waals surface area contributed by atoms with E-state index in [1.165, 1.54) is 0 Å². The van der Waals surface area contributed by atoms with Crippen molar-refractivity contribution in [2.24, 2.45) is 0 Å². The molecular formula is C27H36N5O3PS. The summed E-state index contributed by atoms with van der Waals surface area (Å²) in [5.41, 5.74) is 2.93. The van der Waals surface area contributed by atoms with Gasteiger partial charge >= 0.3 is 6.09 Å². The quantitative estimate of drug-likeness (QED) is 0.294. The molecule has 0 bridgehead atoms. The molecular weight excluding hydrogens is 505 g/mol. The molecule has 5 rings (SSSR count). The van der Waals surface area contributed by atoms with E-state index in [0.717, 1.165) is 88.8 Å². The van der Waals surface area contributed by atoms with Gasteiger partial charge in [-0.05, 0) is 71.4 Å². The second-order valence-corrected chi connectivity index (χ2v) is 14.8. The van der Waals surface area contributed by atoms with Gasteiger partial charge in [0.2, 0.25) is 0 Å². The van der Waals surface area contributed by atoms with Gasteiger partial charge in [-0.15, -0.1) is 11.3 Å². The van der Waals surface area contributed by atoms with Gasteiger partial charge in [0.25, 0.3) is 0 Å². The van der Waals surface area contributed by atoms with Crippen molar-refractivity contribution in [3.63, 3.8) is 0 Å². The van der Waals surface area contributed by atoms with Crippen molar-refractivity contribution in [3.05, 3.63) is 41.2 Å². The van der Waals surface area contributed by atoms with Gasteiger partial charge in [0.1, 0.15) is 7.14 Å². The molecule has 3 heterocycles. The number of thiazole rings is 1. The molecule has 0 unspecified atom stereocenters. The van der Waals surface area contributed by atoms with Crippen LogP contribution in [0.1, 0.15) is 69.0 Å². The lowest BCUT2D eigenvalue weighted by atomic mass is 9.86. The highest BCUT2D eigenvalue weighted by Crippen LogP contribution is 2.53. The summed E-state index contributed by atoms with van der Waals surface area (Å²) >= 11 is 1.72. The Hall–Kier alpha value is -2.64. The van der Waals surface area contributed by atoms with Gasteiger partial charge in [-0.2, -0.15) is 5.10 Å². The summed E-state index contributed by atoms with van der Waals surface area (Å²) in [6, 6.07) is 8.31. The fourth-order valence-electron chi connectivity index (χ4n) is 5.37. The van der Waals surface area contributed by atoms with Crippen molar-refractivity contribution in [2.75, 3.05) is 17.6 Å². The van der Waals surface area contributed by atoms with Gasteiger partial charge < -0.3 is 19.9 Å². The first-order chi connectivity index (χ1) is 17.8. The predicted octanol–water partition coefficient (Wildman–Crippen LogP) is 6.53. The summed E-state index contributed by atoms with van der Waals surface area (Å²) in [4.78, 5) is 17.8. The number of nitrogens with zero attached hydrogens (tertiary/aromatic N) is 2. The normalized spacial score (nSPS) is 21.2. The topological polar surface area (TPSA) is 109 Å². The van der Waals surface area contributed by atoms with Crippen LogP contribution in [-0.2, 0) is 9.30 Å². The molecule has 1 aliphatic carbocycles. The summed E-state index contributed by atoms with van der Waals surface area (Å²) in [5.74, 6) is 1.14. The van der Waals surface area contributed by atoms with Crippen LogP contribution < -0.4 is 15.9 Å². The van der Waals surface area contributed by atoms with Crippen molar-refractivity contribution < 1.29 is 14.1 Å². The number of hydrogen-bond donors (Lipinski definition) is 3. The molecule has 37 heavy (non-hydrogen) atoms.